The van der Waals surface area contributed by atoms with Crippen LogP contribution in [0.15, 0.2) is 48.0 Å². The number of aryl methyl sites for hydroxylation is 1. The van der Waals surface area contributed by atoms with Crippen LogP contribution in [0.4, 0.5) is 0 Å². The fraction of sp³-hybridized carbons (Fsp3) is 0.412. The van der Waals surface area contributed by atoms with Gasteiger partial charge in [0.25, 0.3) is 0 Å². The van der Waals surface area contributed by atoms with E-state index in [1.165, 1.54) is 11.1 Å². The molecule has 0 aliphatic rings. The molecular weight excluding hydrogens is 401 g/mol. The van der Waals surface area contributed by atoms with Crippen LogP contribution in [-0.4, -0.2) is 28.6 Å². The number of nitrogens with one attached hydrogen (secondary N) is 2. The number of aliphatic imine (C=N–C) groups is 1. The third-order valence-electron chi connectivity index (χ3n) is 3.47. The lowest BCUT2D eigenvalue weighted by Crippen LogP contribution is -2.38. The largest absolute Gasteiger partial charge is 0.357 e. The number of hydrogen-bond acceptors (Lipinski definition) is 2. The molecule has 0 saturated carbocycles. The molecule has 1 aromatic heterocycles. The van der Waals surface area contributed by atoms with Crippen LogP contribution in [0.3, 0.4) is 0 Å². The summed E-state index contributed by atoms with van der Waals surface area (Å²) in [6.45, 7) is 7.49. The van der Waals surface area contributed by atoms with Crippen molar-refractivity contribution in [3.63, 3.8) is 0 Å². The molecule has 1 heterocycles. The fourth-order valence-electron chi connectivity index (χ4n) is 2.29. The lowest BCUT2D eigenvalue weighted by Gasteiger charge is -2.12. The Hall–Kier alpha value is -1.57. The van der Waals surface area contributed by atoms with Crippen molar-refractivity contribution >= 4 is 29.9 Å². The van der Waals surface area contributed by atoms with Crippen molar-refractivity contribution in [2.24, 2.45) is 4.99 Å². The zero-order chi connectivity index (χ0) is 15.6. The molecule has 126 valence electrons. The first-order valence-electron chi connectivity index (χ1n) is 7.88. The predicted molar refractivity (Wildman–Crippen MR) is 106 cm³/mol. The van der Waals surface area contributed by atoms with E-state index in [2.05, 4.69) is 58.7 Å². The zero-order valence-corrected chi connectivity index (χ0v) is 16.2. The lowest BCUT2D eigenvalue weighted by atomic mass is 10.1. The SMILES string of the molecule is CCNC(=NCc1ccccc1CC)NCCn1ccnc1.I. The molecule has 0 aliphatic carbocycles. The molecule has 2 aromatic rings. The van der Waals surface area contributed by atoms with E-state index in [9.17, 15) is 0 Å². The molecule has 0 bridgehead atoms. The Morgan fingerprint density at radius 1 is 1.17 bits per heavy atom. The van der Waals surface area contributed by atoms with Gasteiger partial charge in [0.05, 0.1) is 12.9 Å². The van der Waals surface area contributed by atoms with Gasteiger partial charge in [-0.1, -0.05) is 31.2 Å². The zero-order valence-electron chi connectivity index (χ0n) is 13.8. The van der Waals surface area contributed by atoms with E-state index < -0.39 is 0 Å². The van der Waals surface area contributed by atoms with Crippen LogP contribution < -0.4 is 10.6 Å². The number of hydrogen-bond donors (Lipinski definition) is 2. The Morgan fingerprint density at radius 3 is 2.61 bits per heavy atom. The second-order valence-corrected chi connectivity index (χ2v) is 5.04. The number of aromatic nitrogens is 2. The molecule has 0 aliphatic heterocycles. The van der Waals surface area contributed by atoms with Crippen LogP contribution >= 0.6 is 24.0 Å². The van der Waals surface area contributed by atoms with Crippen LogP contribution in [0.2, 0.25) is 0 Å². The van der Waals surface area contributed by atoms with Crippen LogP contribution in [0.25, 0.3) is 0 Å². The van der Waals surface area contributed by atoms with Crippen molar-refractivity contribution in [1.82, 2.24) is 20.2 Å². The van der Waals surface area contributed by atoms with E-state index in [1.54, 1.807) is 6.20 Å². The molecule has 0 saturated heterocycles. The molecule has 0 spiro atoms. The molecule has 23 heavy (non-hydrogen) atoms. The molecule has 0 radical (unpaired) electrons. The summed E-state index contributed by atoms with van der Waals surface area (Å²) in [4.78, 5) is 8.72. The Morgan fingerprint density at radius 2 is 1.96 bits per heavy atom. The minimum absolute atomic E-state index is 0. The summed E-state index contributed by atoms with van der Waals surface area (Å²) < 4.78 is 2.04. The molecule has 2 rings (SSSR count). The van der Waals surface area contributed by atoms with Gasteiger partial charge >= 0.3 is 0 Å². The van der Waals surface area contributed by atoms with Gasteiger partial charge in [0.15, 0.2) is 5.96 Å². The van der Waals surface area contributed by atoms with Crippen LogP contribution in [0.5, 0.6) is 0 Å². The number of nitrogens with zero attached hydrogens (tertiary/aromatic N) is 3. The Bertz CT molecular complexity index is 580. The monoisotopic (exact) mass is 427 g/mol. The minimum Gasteiger partial charge on any atom is -0.357 e. The van der Waals surface area contributed by atoms with Gasteiger partial charge in [-0.05, 0) is 24.5 Å². The van der Waals surface area contributed by atoms with E-state index in [4.69, 9.17) is 0 Å². The fourth-order valence-corrected chi connectivity index (χ4v) is 2.29. The predicted octanol–water partition coefficient (Wildman–Crippen LogP) is 2.82. The standard InChI is InChI=1S/C17H25N5.HI/c1-3-15-7-5-6-8-16(15)13-21-17(19-4-2)20-10-12-22-11-9-18-14-22;/h5-9,11,14H,3-4,10,12-13H2,1-2H3,(H2,19,20,21);1H. The van der Waals surface area contributed by atoms with E-state index in [0.717, 1.165) is 32.0 Å². The summed E-state index contributed by atoms with van der Waals surface area (Å²) in [7, 11) is 0. The van der Waals surface area contributed by atoms with Gasteiger partial charge in [0.1, 0.15) is 0 Å². The molecule has 2 N–H and O–H groups in total. The van der Waals surface area contributed by atoms with Crippen LogP contribution in [-0.2, 0) is 19.5 Å². The molecule has 0 amide bonds. The first-order valence-corrected chi connectivity index (χ1v) is 7.88. The highest BCUT2D eigenvalue weighted by molar-refractivity contribution is 14.0. The molecule has 0 fully saturated rings. The highest BCUT2D eigenvalue weighted by Gasteiger charge is 2.01. The van der Waals surface area contributed by atoms with Gasteiger partial charge in [-0.15, -0.1) is 24.0 Å². The lowest BCUT2D eigenvalue weighted by molar-refractivity contribution is 0.662. The van der Waals surface area contributed by atoms with Crippen molar-refractivity contribution in [3.05, 3.63) is 54.1 Å². The van der Waals surface area contributed by atoms with Crippen LogP contribution in [0, 0.1) is 0 Å². The summed E-state index contributed by atoms with van der Waals surface area (Å²) in [5.41, 5.74) is 2.65. The summed E-state index contributed by atoms with van der Waals surface area (Å²) in [6.07, 6.45) is 6.61. The van der Waals surface area contributed by atoms with E-state index in [1.807, 2.05) is 17.1 Å². The molecule has 6 heteroatoms. The van der Waals surface area contributed by atoms with Crippen molar-refractivity contribution in [3.8, 4) is 0 Å². The summed E-state index contributed by atoms with van der Waals surface area (Å²) in [6, 6.07) is 8.48. The Labute approximate surface area is 155 Å². The average Bonchev–Trinajstić information content (AvgIpc) is 3.06. The summed E-state index contributed by atoms with van der Waals surface area (Å²) in [5.74, 6) is 0.855. The molecular formula is C17H26IN5. The van der Waals surface area contributed by atoms with E-state index in [-0.39, 0.29) is 24.0 Å². The highest BCUT2D eigenvalue weighted by atomic mass is 127. The number of guanidine groups is 1. The molecule has 0 unspecified atom stereocenters. The second kappa shape index (κ2) is 11.0. The smallest absolute Gasteiger partial charge is 0.191 e. The van der Waals surface area contributed by atoms with Gasteiger partial charge in [-0.3, -0.25) is 0 Å². The third kappa shape index (κ3) is 6.60. The third-order valence-corrected chi connectivity index (χ3v) is 3.47. The van der Waals surface area contributed by atoms with Gasteiger partial charge in [0.2, 0.25) is 0 Å². The number of halogens is 1. The maximum atomic E-state index is 4.68. The van der Waals surface area contributed by atoms with Crippen molar-refractivity contribution < 1.29 is 0 Å². The number of rotatable bonds is 7. The van der Waals surface area contributed by atoms with Gasteiger partial charge < -0.3 is 15.2 Å². The van der Waals surface area contributed by atoms with E-state index in [0.29, 0.717) is 6.54 Å². The topological polar surface area (TPSA) is 54.2 Å². The summed E-state index contributed by atoms with van der Waals surface area (Å²) >= 11 is 0. The van der Waals surface area contributed by atoms with Crippen molar-refractivity contribution in [1.29, 1.82) is 0 Å². The van der Waals surface area contributed by atoms with Gasteiger partial charge in [0, 0.05) is 32.0 Å². The Kier molecular flexibility index (Phi) is 9.35. The van der Waals surface area contributed by atoms with Crippen molar-refractivity contribution in [2.75, 3.05) is 13.1 Å². The molecule has 1 aromatic carbocycles. The number of benzene rings is 1. The number of imidazole rings is 1. The first-order chi connectivity index (χ1) is 10.8. The van der Waals surface area contributed by atoms with Crippen molar-refractivity contribution in [2.45, 2.75) is 33.4 Å². The second-order valence-electron chi connectivity index (χ2n) is 5.04. The molecule has 5 nitrogen and oxygen atoms in total. The Balaban J connectivity index is 0.00000264. The molecule has 0 atom stereocenters. The minimum atomic E-state index is 0. The quantitative estimate of drug-likeness (QED) is 0.406. The maximum absolute atomic E-state index is 4.68. The van der Waals surface area contributed by atoms with E-state index >= 15 is 0 Å². The average molecular weight is 427 g/mol. The van der Waals surface area contributed by atoms with Gasteiger partial charge in [-0.25, -0.2) is 9.98 Å². The van der Waals surface area contributed by atoms with Gasteiger partial charge in [-0.2, -0.15) is 0 Å². The highest BCUT2D eigenvalue weighted by Crippen LogP contribution is 2.10. The maximum Gasteiger partial charge on any atom is 0.191 e. The first kappa shape index (κ1) is 19.5. The van der Waals surface area contributed by atoms with Crippen LogP contribution in [0.1, 0.15) is 25.0 Å². The summed E-state index contributed by atoms with van der Waals surface area (Å²) in [5, 5.41) is 6.64. The normalized spacial score (nSPS) is 11.0.